The van der Waals surface area contributed by atoms with Gasteiger partial charge in [-0.1, -0.05) is 24.3 Å². The molecule has 0 fully saturated rings. The summed E-state index contributed by atoms with van der Waals surface area (Å²) in [6.45, 7) is 6.74. The quantitative estimate of drug-likeness (QED) is 0.697. The van der Waals surface area contributed by atoms with Crippen LogP contribution in [0.1, 0.15) is 37.9 Å². The molecule has 176 valence electrons. The predicted molar refractivity (Wildman–Crippen MR) is 120 cm³/mol. The number of carbonyl (C=O) groups is 1. The van der Waals surface area contributed by atoms with E-state index in [0.717, 1.165) is 11.3 Å². The first-order chi connectivity index (χ1) is 15.4. The zero-order chi connectivity index (χ0) is 23.1. The highest BCUT2D eigenvalue weighted by Gasteiger charge is 2.28. The van der Waals surface area contributed by atoms with Crippen LogP contribution in [0.2, 0.25) is 0 Å². The van der Waals surface area contributed by atoms with Crippen LogP contribution in [0.5, 0.6) is 5.75 Å². The van der Waals surface area contributed by atoms with Gasteiger partial charge in [0, 0.05) is 38.5 Å². The summed E-state index contributed by atoms with van der Waals surface area (Å²) >= 11 is 0. The Morgan fingerprint density at radius 2 is 2.06 bits per heavy atom. The van der Waals surface area contributed by atoms with Crippen LogP contribution in [0.3, 0.4) is 0 Å². The Labute approximate surface area is 189 Å². The lowest BCUT2D eigenvalue weighted by atomic mass is 10.0. The number of phenols is 1. The fraction of sp³-hybridized carbons (Fsp3) is 0.609. The smallest absolute Gasteiger partial charge is 0.222 e. The summed E-state index contributed by atoms with van der Waals surface area (Å²) in [7, 11) is 2.03. The second-order valence-electron chi connectivity index (χ2n) is 8.84. The number of amides is 1. The lowest BCUT2D eigenvalue weighted by molar-refractivity contribution is -0.136. The standard InChI is InChI=1S/C23H35N5O4/c1-17-11-28(18(2)15-29)23(31)5-4-10-27-13-20(24-25-27)16-32-22(17)14-26(3)12-19-6-8-21(30)9-7-19/h6-9,13,17-18,22,29-30H,4-5,10-12,14-16H2,1-3H3/t17-,18-,22+/m0/s1. The molecule has 2 bridgehead atoms. The van der Waals surface area contributed by atoms with Crippen LogP contribution in [0.25, 0.3) is 0 Å². The van der Waals surface area contributed by atoms with Crippen LogP contribution in [-0.4, -0.2) is 79.8 Å². The van der Waals surface area contributed by atoms with Gasteiger partial charge < -0.3 is 19.8 Å². The van der Waals surface area contributed by atoms with Crippen molar-refractivity contribution in [3.63, 3.8) is 0 Å². The zero-order valence-electron chi connectivity index (χ0n) is 19.2. The molecular formula is C23H35N5O4. The maximum atomic E-state index is 12.9. The average Bonchev–Trinajstić information content (AvgIpc) is 3.23. The molecule has 2 aromatic rings. The molecule has 0 spiro atoms. The van der Waals surface area contributed by atoms with Gasteiger partial charge in [-0.3, -0.25) is 14.4 Å². The fourth-order valence-electron chi connectivity index (χ4n) is 3.98. The number of aromatic hydroxyl groups is 1. The molecule has 2 N–H and O–H groups in total. The van der Waals surface area contributed by atoms with E-state index in [1.54, 1.807) is 21.7 Å². The SMILES string of the molecule is C[C@H]1CN([C@@H](C)CO)C(=O)CCCn2cc(nn2)CO[C@@H]1CN(C)Cc1ccc(O)cc1. The molecule has 0 radical (unpaired) electrons. The van der Waals surface area contributed by atoms with E-state index in [2.05, 4.69) is 22.1 Å². The molecule has 1 aliphatic rings. The summed E-state index contributed by atoms with van der Waals surface area (Å²) in [5.41, 5.74) is 1.87. The molecule has 32 heavy (non-hydrogen) atoms. The molecule has 0 saturated carbocycles. The second-order valence-corrected chi connectivity index (χ2v) is 8.84. The van der Waals surface area contributed by atoms with Crippen LogP contribution in [0.15, 0.2) is 30.5 Å². The van der Waals surface area contributed by atoms with E-state index in [0.29, 0.717) is 45.6 Å². The average molecular weight is 446 g/mol. The Kier molecular flexibility index (Phi) is 8.60. The number of ether oxygens (including phenoxy) is 1. The number of nitrogens with zero attached hydrogens (tertiary/aromatic N) is 5. The van der Waals surface area contributed by atoms with Crippen molar-refractivity contribution in [2.24, 2.45) is 5.92 Å². The summed E-state index contributed by atoms with van der Waals surface area (Å²) in [5, 5.41) is 27.6. The monoisotopic (exact) mass is 445 g/mol. The molecule has 1 aliphatic heterocycles. The van der Waals surface area contributed by atoms with Gasteiger partial charge in [-0.05, 0) is 38.1 Å². The number of aliphatic hydroxyl groups excluding tert-OH is 1. The van der Waals surface area contributed by atoms with Crippen LogP contribution < -0.4 is 0 Å². The van der Waals surface area contributed by atoms with Crippen molar-refractivity contribution in [1.29, 1.82) is 0 Å². The Balaban J connectivity index is 1.75. The van der Waals surface area contributed by atoms with Crippen molar-refractivity contribution in [1.82, 2.24) is 24.8 Å². The zero-order valence-corrected chi connectivity index (χ0v) is 19.2. The first-order valence-corrected chi connectivity index (χ1v) is 11.2. The Hall–Kier alpha value is -2.49. The Morgan fingerprint density at radius 3 is 2.78 bits per heavy atom. The number of hydrogen-bond donors (Lipinski definition) is 2. The largest absolute Gasteiger partial charge is 0.508 e. The molecule has 9 heteroatoms. The van der Waals surface area contributed by atoms with Crippen LogP contribution >= 0.6 is 0 Å². The molecule has 0 aliphatic carbocycles. The minimum absolute atomic E-state index is 0.0363. The predicted octanol–water partition coefficient (Wildman–Crippen LogP) is 1.64. The van der Waals surface area contributed by atoms with Crippen LogP contribution in [0, 0.1) is 5.92 Å². The maximum absolute atomic E-state index is 12.9. The third kappa shape index (κ3) is 6.75. The van der Waals surface area contributed by atoms with Gasteiger partial charge in [-0.25, -0.2) is 0 Å². The third-order valence-electron chi connectivity index (χ3n) is 5.93. The number of rotatable bonds is 6. The van der Waals surface area contributed by atoms with Crippen molar-refractivity contribution in [2.75, 3.05) is 26.7 Å². The van der Waals surface area contributed by atoms with E-state index in [1.165, 1.54) is 0 Å². The number of aromatic nitrogens is 3. The minimum Gasteiger partial charge on any atom is -0.508 e. The highest BCUT2D eigenvalue weighted by molar-refractivity contribution is 5.76. The van der Waals surface area contributed by atoms with Crippen molar-refractivity contribution in [3.05, 3.63) is 41.7 Å². The molecule has 9 nitrogen and oxygen atoms in total. The van der Waals surface area contributed by atoms with Crippen molar-refractivity contribution >= 4 is 5.91 Å². The summed E-state index contributed by atoms with van der Waals surface area (Å²) in [6, 6.07) is 6.93. The molecule has 2 heterocycles. The minimum atomic E-state index is -0.247. The summed E-state index contributed by atoms with van der Waals surface area (Å²) in [4.78, 5) is 16.9. The van der Waals surface area contributed by atoms with E-state index < -0.39 is 0 Å². The number of hydrogen-bond acceptors (Lipinski definition) is 7. The molecule has 3 atom stereocenters. The number of aliphatic hydroxyl groups is 1. The number of fused-ring (bicyclic) bond motifs is 2. The van der Waals surface area contributed by atoms with Gasteiger partial charge in [-0.15, -0.1) is 5.10 Å². The maximum Gasteiger partial charge on any atom is 0.222 e. The lowest BCUT2D eigenvalue weighted by Crippen LogP contribution is -2.47. The van der Waals surface area contributed by atoms with E-state index >= 15 is 0 Å². The normalized spacial score (nSPS) is 21.7. The third-order valence-corrected chi connectivity index (χ3v) is 5.93. The molecule has 1 amide bonds. The first-order valence-electron chi connectivity index (χ1n) is 11.2. The van der Waals surface area contributed by atoms with Crippen molar-refractivity contribution in [2.45, 2.75) is 58.5 Å². The van der Waals surface area contributed by atoms with Gasteiger partial charge in [0.05, 0.1) is 31.6 Å². The van der Waals surface area contributed by atoms with Gasteiger partial charge in [0.15, 0.2) is 0 Å². The molecule has 3 rings (SSSR count). The number of carbonyl (C=O) groups excluding carboxylic acids is 1. The number of benzene rings is 1. The first kappa shape index (κ1) is 24.2. The van der Waals surface area contributed by atoms with Gasteiger partial charge in [0.2, 0.25) is 5.91 Å². The Bertz CT molecular complexity index is 856. The fourth-order valence-corrected chi connectivity index (χ4v) is 3.98. The molecule has 0 saturated heterocycles. The van der Waals surface area contributed by atoms with Crippen molar-refractivity contribution in [3.8, 4) is 5.75 Å². The van der Waals surface area contributed by atoms with Gasteiger partial charge in [-0.2, -0.15) is 0 Å². The lowest BCUT2D eigenvalue weighted by Gasteiger charge is -2.35. The molecule has 0 unspecified atom stereocenters. The van der Waals surface area contributed by atoms with E-state index in [9.17, 15) is 15.0 Å². The highest BCUT2D eigenvalue weighted by atomic mass is 16.5. The van der Waals surface area contributed by atoms with E-state index in [-0.39, 0.29) is 36.3 Å². The summed E-state index contributed by atoms with van der Waals surface area (Å²) in [6.07, 6.45) is 2.80. The number of aryl methyl sites for hydroxylation is 1. The summed E-state index contributed by atoms with van der Waals surface area (Å²) in [5.74, 6) is 0.333. The second kappa shape index (κ2) is 11.4. The van der Waals surface area contributed by atoms with E-state index in [1.807, 2.05) is 32.3 Å². The molecular weight excluding hydrogens is 410 g/mol. The number of likely N-dealkylation sites (N-methyl/N-ethyl adjacent to an activating group) is 1. The van der Waals surface area contributed by atoms with Crippen molar-refractivity contribution < 1.29 is 19.7 Å². The van der Waals surface area contributed by atoms with Gasteiger partial charge in [0.1, 0.15) is 11.4 Å². The van der Waals surface area contributed by atoms with Gasteiger partial charge in [0.25, 0.3) is 0 Å². The molecule has 1 aromatic heterocycles. The molecule has 1 aromatic carbocycles. The van der Waals surface area contributed by atoms with Gasteiger partial charge >= 0.3 is 0 Å². The highest BCUT2D eigenvalue weighted by Crippen LogP contribution is 2.18. The number of phenolic OH excluding ortho intramolecular Hbond substituents is 1. The topological polar surface area (TPSA) is 104 Å². The van der Waals surface area contributed by atoms with Crippen LogP contribution in [0.4, 0.5) is 0 Å². The van der Waals surface area contributed by atoms with E-state index in [4.69, 9.17) is 4.74 Å². The Morgan fingerprint density at radius 1 is 1.31 bits per heavy atom. The summed E-state index contributed by atoms with van der Waals surface area (Å²) < 4.78 is 8.04. The van der Waals surface area contributed by atoms with Crippen LogP contribution in [-0.2, 0) is 29.2 Å².